The molecule has 0 saturated heterocycles. The van der Waals surface area contributed by atoms with Gasteiger partial charge in [-0.05, 0) is 59.2 Å². The molecule has 2 heteroatoms. The van der Waals surface area contributed by atoms with Crippen LogP contribution in [0.1, 0.15) is 25.8 Å². The third-order valence-corrected chi connectivity index (χ3v) is 3.99. The van der Waals surface area contributed by atoms with Crippen LogP contribution in [0.4, 0.5) is 0 Å². The molecule has 0 aliphatic carbocycles. The minimum atomic E-state index is 0.0945. The quantitative estimate of drug-likeness (QED) is 0.481. The fraction of sp³-hybridized carbons (Fsp3) is 0.200. The first-order chi connectivity index (χ1) is 10.7. The highest BCUT2D eigenvalue weighted by atomic mass is 32.2. The Morgan fingerprint density at radius 2 is 1.82 bits per heavy atom. The lowest BCUT2D eigenvalue weighted by Crippen LogP contribution is -2.04. The van der Waals surface area contributed by atoms with Gasteiger partial charge in [-0.1, -0.05) is 49.9 Å². The van der Waals surface area contributed by atoms with Gasteiger partial charge in [0.1, 0.15) is 0 Å². The summed E-state index contributed by atoms with van der Waals surface area (Å²) >= 11 is 1.75. The average molecular weight is 307 g/mol. The van der Waals surface area contributed by atoms with E-state index in [-0.39, 0.29) is 5.41 Å². The van der Waals surface area contributed by atoms with Gasteiger partial charge in [-0.15, -0.1) is 5.73 Å². The van der Waals surface area contributed by atoms with Crippen LogP contribution in [-0.4, -0.2) is 4.98 Å². The van der Waals surface area contributed by atoms with E-state index in [2.05, 4.69) is 66.4 Å². The maximum Gasteiger partial charge on any atom is 0.0273 e. The normalized spacial score (nSPS) is 11.2. The highest BCUT2D eigenvalue weighted by Gasteiger charge is 2.10. The third kappa shape index (κ3) is 6.17. The first kappa shape index (κ1) is 16.4. The molecule has 2 rings (SSSR count). The minimum Gasteiger partial charge on any atom is -0.265 e. The Kier molecular flexibility index (Phi) is 6.27. The molecule has 22 heavy (non-hydrogen) atoms. The largest absolute Gasteiger partial charge is 0.265 e. The molecule has 2 aromatic rings. The van der Waals surface area contributed by atoms with Crippen molar-refractivity contribution in [3.8, 4) is 0 Å². The fourth-order valence-corrected chi connectivity index (χ4v) is 2.52. The predicted molar refractivity (Wildman–Crippen MR) is 96.6 cm³/mol. The van der Waals surface area contributed by atoms with Crippen molar-refractivity contribution in [1.29, 1.82) is 0 Å². The molecule has 1 heterocycles. The monoisotopic (exact) mass is 307 g/mol. The molecule has 0 radical (unpaired) electrons. The molecule has 1 aromatic carbocycles. The fourth-order valence-electron chi connectivity index (χ4n) is 1.86. The summed E-state index contributed by atoms with van der Waals surface area (Å²) in [6, 6.07) is 14.4. The number of rotatable bonds is 6. The second kappa shape index (κ2) is 8.43. The van der Waals surface area contributed by atoms with Crippen molar-refractivity contribution < 1.29 is 0 Å². The van der Waals surface area contributed by atoms with Crippen LogP contribution in [0.15, 0.2) is 83.0 Å². The Morgan fingerprint density at radius 3 is 2.55 bits per heavy atom. The molecule has 0 spiro atoms. The van der Waals surface area contributed by atoms with Crippen LogP contribution >= 0.6 is 11.8 Å². The Labute approximate surface area is 137 Å². The maximum atomic E-state index is 4.01. The summed E-state index contributed by atoms with van der Waals surface area (Å²) in [7, 11) is 0. The number of benzene rings is 1. The van der Waals surface area contributed by atoms with Gasteiger partial charge < -0.3 is 0 Å². The minimum absolute atomic E-state index is 0.0945. The summed E-state index contributed by atoms with van der Waals surface area (Å²) in [4.78, 5) is 5.28. The summed E-state index contributed by atoms with van der Waals surface area (Å²) < 4.78 is 0. The van der Waals surface area contributed by atoms with Crippen LogP contribution in [-0.2, 0) is 0 Å². The molecule has 1 aromatic heterocycles. The van der Waals surface area contributed by atoms with Crippen molar-refractivity contribution in [2.24, 2.45) is 5.41 Å². The summed E-state index contributed by atoms with van der Waals surface area (Å²) in [6.45, 7) is 4.44. The molecule has 0 bridgehead atoms. The van der Waals surface area contributed by atoms with E-state index in [1.165, 1.54) is 4.90 Å². The van der Waals surface area contributed by atoms with E-state index in [1.807, 2.05) is 24.3 Å². The van der Waals surface area contributed by atoms with Gasteiger partial charge in [0, 0.05) is 17.3 Å². The number of hydrogen-bond acceptors (Lipinski definition) is 2. The van der Waals surface area contributed by atoms with Crippen molar-refractivity contribution in [3.63, 3.8) is 0 Å². The lowest BCUT2D eigenvalue weighted by molar-refractivity contribution is 0.490. The van der Waals surface area contributed by atoms with Gasteiger partial charge in [0.25, 0.3) is 0 Å². The number of thioether (sulfide) groups is 1. The second-order valence-corrected chi connectivity index (χ2v) is 6.71. The lowest BCUT2D eigenvalue weighted by atomic mass is 9.89. The number of nitrogens with zero attached hydrogens (tertiary/aromatic N) is 1. The van der Waals surface area contributed by atoms with Crippen molar-refractivity contribution in [2.75, 3.05) is 0 Å². The Balaban J connectivity index is 1.87. The molecule has 0 fully saturated rings. The summed E-state index contributed by atoms with van der Waals surface area (Å²) in [5.74, 6) is 0. The Hall–Kier alpha value is -2.02. The van der Waals surface area contributed by atoms with Crippen molar-refractivity contribution in [2.45, 2.75) is 25.2 Å². The van der Waals surface area contributed by atoms with Crippen LogP contribution in [0, 0.1) is 5.41 Å². The van der Waals surface area contributed by atoms with Crippen LogP contribution in [0.25, 0.3) is 6.08 Å². The topological polar surface area (TPSA) is 12.9 Å². The standard InChI is InChI=1S/C20H21NS/c1-20(2,13-6-8-18-11-15-21-16-12-18)14-7-17-22-19-9-4-3-5-10-19/h3-5,7-13,15-17H,14H2,1-2H3/b17-7+. The zero-order valence-corrected chi connectivity index (χ0v) is 13.9. The van der Waals surface area contributed by atoms with Crippen molar-refractivity contribution in [3.05, 3.63) is 83.7 Å². The molecule has 0 aliphatic rings. The molecular formula is C20H21NS. The van der Waals surface area contributed by atoms with E-state index in [0.29, 0.717) is 0 Å². The van der Waals surface area contributed by atoms with Gasteiger partial charge in [0.05, 0.1) is 0 Å². The molecule has 1 nitrogen and oxygen atoms in total. The van der Waals surface area contributed by atoms with Crippen LogP contribution in [0.2, 0.25) is 0 Å². The molecular weight excluding hydrogens is 286 g/mol. The van der Waals surface area contributed by atoms with Gasteiger partial charge in [-0.25, -0.2) is 0 Å². The number of pyridine rings is 1. The van der Waals surface area contributed by atoms with Crippen molar-refractivity contribution in [1.82, 2.24) is 4.98 Å². The summed E-state index contributed by atoms with van der Waals surface area (Å²) in [5, 5.41) is 2.16. The SMILES string of the molecule is CC(C)(C=C=Cc1ccncc1)C/C=C/Sc1ccccc1. The lowest BCUT2D eigenvalue weighted by Gasteiger charge is -2.15. The van der Waals surface area contributed by atoms with Gasteiger partial charge in [-0.2, -0.15) is 0 Å². The molecule has 0 saturated carbocycles. The molecule has 0 amide bonds. The molecule has 112 valence electrons. The number of hydrogen-bond donors (Lipinski definition) is 0. The highest BCUT2D eigenvalue weighted by molar-refractivity contribution is 8.02. The van der Waals surface area contributed by atoms with Crippen molar-refractivity contribution >= 4 is 17.8 Å². The van der Waals surface area contributed by atoms with E-state index in [0.717, 1.165) is 12.0 Å². The summed E-state index contributed by atoms with van der Waals surface area (Å²) in [6.07, 6.45) is 10.9. The third-order valence-electron chi connectivity index (χ3n) is 3.12. The zero-order valence-electron chi connectivity index (χ0n) is 13.1. The van der Waals surface area contributed by atoms with Gasteiger partial charge in [0.2, 0.25) is 0 Å². The first-order valence-electron chi connectivity index (χ1n) is 7.36. The predicted octanol–water partition coefficient (Wildman–Crippen LogP) is 5.97. The smallest absolute Gasteiger partial charge is 0.0273 e. The van der Waals surface area contributed by atoms with E-state index in [1.54, 1.807) is 24.2 Å². The molecule has 0 aliphatic heterocycles. The van der Waals surface area contributed by atoms with E-state index in [4.69, 9.17) is 0 Å². The first-order valence-corrected chi connectivity index (χ1v) is 8.24. The summed E-state index contributed by atoms with van der Waals surface area (Å²) in [5.41, 5.74) is 4.50. The Morgan fingerprint density at radius 1 is 1.09 bits per heavy atom. The van der Waals surface area contributed by atoms with Crippen LogP contribution < -0.4 is 0 Å². The Bertz CT molecular complexity index is 651. The van der Waals surface area contributed by atoms with E-state index in [9.17, 15) is 0 Å². The molecule has 0 unspecified atom stereocenters. The molecule has 0 N–H and O–H groups in total. The zero-order chi connectivity index (χ0) is 15.7. The average Bonchev–Trinajstić information content (AvgIpc) is 2.53. The van der Waals surface area contributed by atoms with Gasteiger partial charge >= 0.3 is 0 Å². The number of allylic oxidation sites excluding steroid dienone is 2. The van der Waals surface area contributed by atoms with Crippen LogP contribution in [0.5, 0.6) is 0 Å². The highest BCUT2D eigenvalue weighted by Crippen LogP contribution is 2.25. The molecule has 0 atom stereocenters. The number of aromatic nitrogens is 1. The van der Waals surface area contributed by atoms with E-state index < -0.39 is 0 Å². The second-order valence-electron chi connectivity index (χ2n) is 5.73. The van der Waals surface area contributed by atoms with Gasteiger partial charge in [0.15, 0.2) is 0 Å². The van der Waals surface area contributed by atoms with Gasteiger partial charge in [-0.3, -0.25) is 4.98 Å². The van der Waals surface area contributed by atoms with Crippen LogP contribution in [0.3, 0.4) is 0 Å². The maximum absolute atomic E-state index is 4.01. The van der Waals surface area contributed by atoms with E-state index >= 15 is 0 Å².